The van der Waals surface area contributed by atoms with Crippen molar-refractivity contribution in [1.29, 1.82) is 0 Å². The number of nitrogens with zero attached hydrogens (tertiary/aromatic N) is 2. The molecule has 42 heavy (non-hydrogen) atoms. The standard InChI is InChI=1S/C30H24N6O6/c1-15(37)32-17-6-8-18(9-7-17)35-27(38)25-24(12-16-14-31-22-5-3-2-4-20(16)22)34-30(26(25)28(35)39)21-13-19(36(41)42)10-11-23(21)33-29(30)40/h2-11,13-14,24-26,31,34H,12H2,1H3,(H,32,37)(H,33,40)/t24-,25-,26+,30-/m1/s1. The molecule has 7 rings (SSSR count). The summed E-state index contributed by atoms with van der Waals surface area (Å²) in [6.07, 6.45) is 2.17. The maximum atomic E-state index is 14.2. The molecular formula is C30H24N6O6. The minimum Gasteiger partial charge on any atom is -0.361 e. The second-order valence-electron chi connectivity index (χ2n) is 10.8. The molecule has 2 fully saturated rings. The average molecular weight is 565 g/mol. The Morgan fingerprint density at radius 3 is 2.55 bits per heavy atom. The Kier molecular flexibility index (Phi) is 5.53. The van der Waals surface area contributed by atoms with Gasteiger partial charge in [0.1, 0.15) is 5.54 Å². The van der Waals surface area contributed by atoms with Crippen molar-refractivity contribution < 1.29 is 24.1 Å². The Morgan fingerprint density at radius 1 is 1.05 bits per heavy atom. The number of rotatable bonds is 5. The summed E-state index contributed by atoms with van der Waals surface area (Å²) in [6, 6.07) is 17.4. The maximum absolute atomic E-state index is 14.2. The number of nitro groups is 1. The smallest absolute Gasteiger partial charge is 0.269 e. The molecule has 12 heteroatoms. The lowest BCUT2D eigenvalue weighted by atomic mass is 9.76. The molecule has 4 heterocycles. The number of nitrogens with one attached hydrogen (secondary N) is 4. The van der Waals surface area contributed by atoms with Crippen LogP contribution in [0.25, 0.3) is 10.9 Å². The number of aromatic amines is 1. The molecule has 4 aromatic rings. The normalized spacial score (nSPS) is 24.3. The van der Waals surface area contributed by atoms with E-state index in [9.17, 15) is 29.3 Å². The Hall–Kier alpha value is -5.36. The molecule has 1 spiro atoms. The summed E-state index contributed by atoms with van der Waals surface area (Å²) in [6.45, 7) is 1.37. The number of para-hydroxylation sites is 1. The van der Waals surface area contributed by atoms with Crippen LogP contribution < -0.4 is 20.9 Å². The Morgan fingerprint density at radius 2 is 1.81 bits per heavy atom. The highest BCUT2D eigenvalue weighted by atomic mass is 16.6. The molecule has 12 nitrogen and oxygen atoms in total. The summed E-state index contributed by atoms with van der Waals surface area (Å²) in [5.41, 5.74) is 1.29. The van der Waals surface area contributed by atoms with Gasteiger partial charge in [-0.2, -0.15) is 0 Å². The van der Waals surface area contributed by atoms with E-state index in [0.29, 0.717) is 23.5 Å². The Bertz CT molecular complexity index is 1850. The molecule has 1 aromatic heterocycles. The Balaban J connectivity index is 1.35. The largest absolute Gasteiger partial charge is 0.361 e. The summed E-state index contributed by atoms with van der Waals surface area (Å²) in [5.74, 6) is -3.95. The first-order valence-corrected chi connectivity index (χ1v) is 13.4. The molecule has 3 aliphatic rings. The van der Waals surface area contributed by atoms with Crippen molar-refractivity contribution in [2.45, 2.75) is 24.9 Å². The number of imide groups is 1. The van der Waals surface area contributed by atoms with Crippen LogP contribution in [0.5, 0.6) is 0 Å². The lowest BCUT2D eigenvalue weighted by Gasteiger charge is -2.29. The van der Waals surface area contributed by atoms with Gasteiger partial charge in [-0.25, -0.2) is 4.90 Å². The molecule has 0 bridgehead atoms. The van der Waals surface area contributed by atoms with Crippen molar-refractivity contribution in [3.63, 3.8) is 0 Å². The molecule has 3 aromatic carbocycles. The van der Waals surface area contributed by atoms with E-state index in [-0.39, 0.29) is 17.2 Å². The number of hydrogen-bond acceptors (Lipinski definition) is 7. The quantitative estimate of drug-likeness (QED) is 0.164. The number of carbonyl (C=O) groups is 4. The summed E-state index contributed by atoms with van der Waals surface area (Å²) in [7, 11) is 0. The summed E-state index contributed by atoms with van der Waals surface area (Å²) in [5, 5.41) is 21.4. The van der Waals surface area contributed by atoms with Gasteiger partial charge in [0.15, 0.2) is 0 Å². The van der Waals surface area contributed by atoms with Gasteiger partial charge < -0.3 is 15.6 Å². The van der Waals surface area contributed by atoms with Crippen molar-refractivity contribution >= 4 is 57.3 Å². The molecule has 210 valence electrons. The fourth-order valence-corrected chi connectivity index (χ4v) is 6.77. The van der Waals surface area contributed by atoms with Crippen LogP contribution in [-0.2, 0) is 31.1 Å². The molecular weight excluding hydrogens is 540 g/mol. The second-order valence-corrected chi connectivity index (χ2v) is 10.8. The second kappa shape index (κ2) is 9.08. The molecule has 0 radical (unpaired) electrons. The van der Waals surface area contributed by atoms with Gasteiger partial charge in [0.2, 0.25) is 23.6 Å². The predicted molar refractivity (Wildman–Crippen MR) is 153 cm³/mol. The SMILES string of the molecule is CC(=O)Nc1ccc(N2C(=O)[C@H]3[C@@H](C2=O)[C@@]2(N[C@@H]3Cc3c[nH]c4ccccc34)C(=O)Nc3ccc([N+](=O)[O-])cc32)cc1. The molecule has 2 saturated heterocycles. The fraction of sp³-hybridized carbons (Fsp3) is 0.200. The van der Waals surface area contributed by atoms with Crippen molar-refractivity contribution in [3.8, 4) is 0 Å². The summed E-state index contributed by atoms with van der Waals surface area (Å²) in [4.78, 5) is 69.1. The number of non-ortho nitro benzene ring substituents is 1. The number of amides is 4. The van der Waals surface area contributed by atoms with E-state index in [1.54, 1.807) is 24.3 Å². The van der Waals surface area contributed by atoms with Crippen LogP contribution in [0.1, 0.15) is 18.1 Å². The van der Waals surface area contributed by atoms with Gasteiger partial charge in [0.05, 0.1) is 22.4 Å². The van der Waals surface area contributed by atoms with E-state index in [2.05, 4.69) is 20.9 Å². The van der Waals surface area contributed by atoms with Gasteiger partial charge >= 0.3 is 0 Å². The monoisotopic (exact) mass is 564 g/mol. The topological polar surface area (TPSA) is 167 Å². The molecule has 3 aliphatic heterocycles. The van der Waals surface area contributed by atoms with Crippen LogP contribution in [-0.4, -0.2) is 39.6 Å². The van der Waals surface area contributed by atoms with Crippen molar-refractivity contribution in [2.24, 2.45) is 11.8 Å². The highest BCUT2D eigenvalue weighted by Crippen LogP contribution is 2.54. The molecule has 0 aliphatic carbocycles. The number of carbonyl (C=O) groups excluding carboxylic acids is 4. The number of nitro benzene ring substituents is 1. The third-order valence-electron chi connectivity index (χ3n) is 8.47. The van der Waals surface area contributed by atoms with E-state index in [1.165, 1.54) is 25.1 Å². The van der Waals surface area contributed by atoms with Crippen LogP contribution in [0.2, 0.25) is 0 Å². The number of H-pyrrole nitrogens is 1. The van der Waals surface area contributed by atoms with Crippen LogP contribution in [0.3, 0.4) is 0 Å². The van der Waals surface area contributed by atoms with Gasteiger partial charge in [-0.3, -0.25) is 34.6 Å². The zero-order valence-electron chi connectivity index (χ0n) is 22.2. The van der Waals surface area contributed by atoms with Crippen LogP contribution in [0, 0.1) is 22.0 Å². The fourth-order valence-electron chi connectivity index (χ4n) is 6.77. The molecule has 4 atom stereocenters. The van der Waals surface area contributed by atoms with Crippen LogP contribution in [0.15, 0.2) is 72.9 Å². The van der Waals surface area contributed by atoms with Crippen molar-refractivity contribution in [1.82, 2.24) is 10.3 Å². The molecule has 0 unspecified atom stereocenters. The van der Waals surface area contributed by atoms with Gasteiger partial charge in [0.25, 0.3) is 5.69 Å². The van der Waals surface area contributed by atoms with Gasteiger partial charge in [0, 0.05) is 59.1 Å². The first-order chi connectivity index (χ1) is 20.2. The van der Waals surface area contributed by atoms with E-state index < -0.39 is 46.1 Å². The van der Waals surface area contributed by atoms with Gasteiger partial charge in [-0.05, 0) is 48.4 Å². The third kappa shape index (κ3) is 3.58. The lowest BCUT2D eigenvalue weighted by Crippen LogP contribution is -2.53. The number of anilines is 3. The maximum Gasteiger partial charge on any atom is 0.269 e. The average Bonchev–Trinajstić information content (AvgIpc) is 3.67. The first-order valence-electron chi connectivity index (χ1n) is 13.4. The molecule has 0 saturated carbocycles. The first kappa shape index (κ1) is 25.6. The minimum absolute atomic E-state index is 0.231. The van der Waals surface area contributed by atoms with E-state index in [4.69, 9.17) is 0 Å². The van der Waals surface area contributed by atoms with Gasteiger partial charge in [-0.15, -0.1) is 0 Å². The van der Waals surface area contributed by atoms with Crippen molar-refractivity contribution in [2.75, 3.05) is 15.5 Å². The number of hydrogen-bond donors (Lipinski definition) is 4. The number of fused-ring (bicyclic) bond motifs is 5. The number of aromatic nitrogens is 1. The summed E-state index contributed by atoms with van der Waals surface area (Å²) >= 11 is 0. The predicted octanol–water partition coefficient (Wildman–Crippen LogP) is 3.20. The highest BCUT2D eigenvalue weighted by molar-refractivity contribution is 6.26. The minimum atomic E-state index is -1.69. The zero-order valence-corrected chi connectivity index (χ0v) is 22.2. The summed E-state index contributed by atoms with van der Waals surface area (Å²) < 4.78 is 0. The van der Waals surface area contributed by atoms with Crippen LogP contribution in [0.4, 0.5) is 22.7 Å². The number of benzene rings is 3. The van der Waals surface area contributed by atoms with Gasteiger partial charge in [-0.1, -0.05) is 18.2 Å². The Labute approximate surface area is 238 Å². The van der Waals surface area contributed by atoms with Crippen molar-refractivity contribution in [3.05, 3.63) is 94.2 Å². The van der Waals surface area contributed by atoms with E-state index in [0.717, 1.165) is 21.4 Å². The molecule has 4 N–H and O–H groups in total. The lowest BCUT2D eigenvalue weighted by molar-refractivity contribution is -0.384. The zero-order chi connectivity index (χ0) is 29.3. The van der Waals surface area contributed by atoms with Crippen LogP contribution >= 0.6 is 0 Å². The molecule has 4 amide bonds. The third-order valence-corrected chi connectivity index (χ3v) is 8.47. The van der Waals surface area contributed by atoms with E-state index >= 15 is 0 Å². The van der Waals surface area contributed by atoms with E-state index in [1.807, 2.05) is 30.5 Å². The highest BCUT2D eigenvalue weighted by Gasteiger charge is 2.70.